The van der Waals surface area contributed by atoms with Crippen molar-refractivity contribution in [2.24, 2.45) is 0 Å². The van der Waals surface area contributed by atoms with Crippen LogP contribution in [-0.4, -0.2) is 93.0 Å². The molecule has 0 aliphatic carbocycles. The maximum atomic E-state index is 9.50. The predicted octanol–water partition coefficient (Wildman–Crippen LogP) is -5.05. The molecule has 0 rings (SSSR count). The second-order valence-electron chi connectivity index (χ2n) is 4.95. The molecule has 10 nitrogen and oxygen atoms in total. The van der Waals surface area contributed by atoms with Crippen LogP contribution in [0.15, 0.2) is 0 Å². The highest BCUT2D eigenvalue weighted by Crippen LogP contribution is 1.81. The molecule has 0 aliphatic heterocycles. The van der Waals surface area contributed by atoms with Gasteiger partial charge in [-0.1, -0.05) is 0 Å². The van der Waals surface area contributed by atoms with Crippen LogP contribution >= 0.6 is 0 Å². The zero-order valence-corrected chi connectivity index (χ0v) is 16.5. The topological polar surface area (TPSA) is 150 Å². The Morgan fingerprint density at radius 2 is 0.846 bits per heavy atom. The van der Waals surface area contributed by atoms with E-state index < -0.39 is 24.8 Å². The van der Waals surface area contributed by atoms with Gasteiger partial charge in [-0.2, -0.15) is 0 Å². The minimum absolute atomic E-state index is 0.470. The van der Waals surface area contributed by atoms with Crippen LogP contribution in [0.4, 0.5) is 0 Å². The van der Waals surface area contributed by atoms with Crippen molar-refractivity contribution in [3.8, 4) is 0 Å². The standard InChI is InChI=1S/2C6H15NO2.C4H6O4/c2*1-8-5-3-7-4-6-9-2;5-3(6)1-2-4(7)8/h2*7H,3-6H2,1-2H3;1-2H2,(H,5,6)(H,7,8). The number of quaternary nitrogens is 2. The monoisotopic (exact) mass is 384 g/mol. The van der Waals surface area contributed by atoms with E-state index >= 15 is 0 Å². The fourth-order valence-corrected chi connectivity index (χ4v) is 1.30. The summed E-state index contributed by atoms with van der Waals surface area (Å²) in [5.74, 6) is -2.73. The molecule has 0 radical (unpaired) electrons. The Bertz CT molecular complexity index is 253. The highest BCUT2D eigenvalue weighted by molar-refractivity contribution is 5.72. The highest BCUT2D eigenvalue weighted by atomic mass is 16.5. The Hall–Kier alpha value is -1.30. The number of ether oxygens (including phenoxy) is 4. The summed E-state index contributed by atoms with van der Waals surface area (Å²) >= 11 is 0. The number of hydrogen-bond donors (Lipinski definition) is 2. The second kappa shape index (κ2) is 28.5. The van der Waals surface area contributed by atoms with E-state index in [9.17, 15) is 19.8 Å². The fourth-order valence-electron chi connectivity index (χ4n) is 1.30. The van der Waals surface area contributed by atoms with Crippen LogP contribution in [0.2, 0.25) is 0 Å². The third kappa shape index (κ3) is 43.4. The summed E-state index contributed by atoms with van der Waals surface area (Å²) in [6.07, 6.45) is -0.940. The summed E-state index contributed by atoms with van der Waals surface area (Å²) in [4.78, 5) is 19.0. The molecular formula is C16H36N2O8. The van der Waals surface area contributed by atoms with Crippen molar-refractivity contribution in [1.29, 1.82) is 0 Å². The SMILES string of the molecule is COCC[NH2+]CCOC.COCC[NH2+]CCOC.O=C([O-])CCC(=O)[O-]. The normalized spacial score (nSPS) is 9.54. The predicted molar refractivity (Wildman–Crippen MR) is 90.1 cm³/mol. The minimum atomic E-state index is -1.37. The van der Waals surface area contributed by atoms with E-state index in [4.69, 9.17) is 18.9 Å². The average molecular weight is 384 g/mol. The Balaban J connectivity index is -0.000000306. The van der Waals surface area contributed by atoms with E-state index in [1.165, 1.54) is 0 Å². The lowest BCUT2D eigenvalue weighted by atomic mass is 10.3. The van der Waals surface area contributed by atoms with Crippen LogP contribution in [0, 0.1) is 0 Å². The molecule has 26 heavy (non-hydrogen) atoms. The molecule has 0 spiro atoms. The van der Waals surface area contributed by atoms with Gasteiger partial charge in [-0.25, -0.2) is 0 Å². The summed E-state index contributed by atoms with van der Waals surface area (Å²) in [7, 11) is 6.85. The molecule has 0 bridgehead atoms. The van der Waals surface area contributed by atoms with Crippen LogP contribution in [0.3, 0.4) is 0 Å². The van der Waals surface area contributed by atoms with Crippen LogP contribution < -0.4 is 20.8 Å². The first-order chi connectivity index (χ1) is 12.5. The van der Waals surface area contributed by atoms with Gasteiger partial charge < -0.3 is 49.4 Å². The molecule has 0 atom stereocenters. The lowest BCUT2D eigenvalue weighted by molar-refractivity contribution is -0.657. The van der Waals surface area contributed by atoms with Gasteiger partial charge in [0.25, 0.3) is 0 Å². The molecule has 0 aliphatic rings. The number of carboxylic acid groups (broad SMARTS) is 2. The molecule has 10 heteroatoms. The first-order valence-electron chi connectivity index (χ1n) is 8.44. The molecular weight excluding hydrogens is 348 g/mol. The number of carbonyl (C=O) groups excluding carboxylic acids is 2. The van der Waals surface area contributed by atoms with E-state index in [0.29, 0.717) is 0 Å². The van der Waals surface area contributed by atoms with Gasteiger partial charge in [0.1, 0.15) is 0 Å². The van der Waals surface area contributed by atoms with E-state index in [1.54, 1.807) is 28.4 Å². The van der Waals surface area contributed by atoms with Gasteiger partial charge in [-0.3, -0.25) is 0 Å². The number of aliphatic carboxylic acids is 2. The molecule has 0 saturated heterocycles. The molecule has 0 aromatic carbocycles. The number of carboxylic acids is 2. The van der Waals surface area contributed by atoms with Crippen molar-refractivity contribution in [2.45, 2.75) is 12.8 Å². The van der Waals surface area contributed by atoms with Crippen molar-refractivity contribution in [3.05, 3.63) is 0 Å². The second-order valence-corrected chi connectivity index (χ2v) is 4.95. The van der Waals surface area contributed by atoms with Gasteiger partial charge in [0.2, 0.25) is 0 Å². The lowest BCUT2D eigenvalue weighted by Crippen LogP contribution is -2.86. The maximum Gasteiger partial charge on any atom is 0.0993 e. The number of carbonyl (C=O) groups is 2. The Morgan fingerprint density at radius 3 is 1.00 bits per heavy atom. The van der Waals surface area contributed by atoms with E-state index in [-0.39, 0.29) is 0 Å². The fraction of sp³-hybridized carbons (Fsp3) is 0.875. The van der Waals surface area contributed by atoms with Crippen molar-refractivity contribution >= 4 is 11.9 Å². The average Bonchev–Trinajstić information content (AvgIpc) is 2.61. The Kier molecular flexibility index (Phi) is 32.3. The largest absolute Gasteiger partial charge is 0.550 e. The molecule has 0 aromatic heterocycles. The Labute approximate surface area is 156 Å². The highest BCUT2D eigenvalue weighted by Gasteiger charge is 1.88. The molecule has 0 saturated carbocycles. The van der Waals surface area contributed by atoms with Crippen LogP contribution in [0.1, 0.15) is 12.8 Å². The maximum absolute atomic E-state index is 9.50. The van der Waals surface area contributed by atoms with Crippen LogP contribution in [0.25, 0.3) is 0 Å². The number of methoxy groups -OCH3 is 4. The third-order valence-corrected chi connectivity index (χ3v) is 2.64. The van der Waals surface area contributed by atoms with Crippen molar-refractivity contribution in [2.75, 3.05) is 81.0 Å². The van der Waals surface area contributed by atoms with Gasteiger partial charge in [0.05, 0.1) is 52.6 Å². The van der Waals surface area contributed by atoms with Crippen molar-refractivity contribution in [3.63, 3.8) is 0 Å². The van der Waals surface area contributed by atoms with E-state index in [1.807, 2.05) is 0 Å². The lowest BCUT2D eigenvalue weighted by Gasteiger charge is -2.00. The summed E-state index contributed by atoms with van der Waals surface area (Å²) in [6.45, 7) is 7.40. The molecule has 0 amide bonds. The van der Waals surface area contributed by atoms with Gasteiger partial charge in [-0.05, 0) is 12.8 Å². The summed E-state index contributed by atoms with van der Waals surface area (Å²) in [5, 5.41) is 23.4. The molecule has 0 aromatic rings. The number of nitrogens with two attached hydrogens (primary N) is 2. The van der Waals surface area contributed by atoms with E-state index in [0.717, 1.165) is 52.6 Å². The van der Waals surface area contributed by atoms with Gasteiger partial charge in [0.15, 0.2) is 0 Å². The molecule has 4 N–H and O–H groups in total. The van der Waals surface area contributed by atoms with Gasteiger partial charge in [0, 0.05) is 40.4 Å². The summed E-state index contributed by atoms with van der Waals surface area (Å²) in [5.41, 5.74) is 0. The zero-order chi connectivity index (χ0) is 20.5. The van der Waals surface area contributed by atoms with Crippen LogP contribution in [-0.2, 0) is 28.5 Å². The molecule has 158 valence electrons. The number of rotatable bonds is 15. The third-order valence-electron chi connectivity index (χ3n) is 2.64. The molecule has 0 unspecified atom stereocenters. The molecule has 0 heterocycles. The molecule has 0 fully saturated rings. The zero-order valence-electron chi connectivity index (χ0n) is 16.5. The smallest absolute Gasteiger partial charge is 0.0993 e. The summed E-state index contributed by atoms with van der Waals surface area (Å²) in [6, 6.07) is 0. The first-order valence-corrected chi connectivity index (χ1v) is 8.44. The van der Waals surface area contributed by atoms with E-state index in [2.05, 4.69) is 10.6 Å². The number of hydrogen-bond acceptors (Lipinski definition) is 8. The minimum Gasteiger partial charge on any atom is -0.550 e. The van der Waals surface area contributed by atoms with Crippen molar-refractivity contribution < 1.29 is 49.4 Å². The van der Waals surface area contributed by atoms with Crippen LogP contribution in [0.5, 0.6) is 0 Å². The van der Waals surface area contributed by atoms with Crippen molar-refractivity contribution in [1.82, 2.24) is 0 Å². The van der Waals surface area contributed by atoms with Gasteiger partial charge in [-0.15, -0.1) is 0 Å². The Morgan fingerprint density at radius 1 is 0.615 bits per heavy atom. The van der Waals surface area contributed by atoms with Gasteiger partial charge >= 0.3 is 0 Å². The first kappa shape index (κ1) is 29.5. The summed E-state index contributed by atoms with van der Waals surface area (Å²) < 4.78 is 19.4. The quantitative estimate of drug-likeness (QED) is 0.266.